The van der Waals surface area contributed by atoms with Crippen LogP contribution in [0.2, 0.25) is 0 Å². The number of fused-ring (bicyclic) bond motifs is 1. The summed E-state index contributed by atoms with van der Waals surface area (Å²) in [4.78, 5) is 0. The van der Waals surface area contributed by atoms with Crippen LogP contribution < -0.4 is 10.1 Å². The molecule has 0 bridgehead atoms. The van der Waals surface area contributed by atoms with Crippen LogP contribution in [0.5, 0.6) is 5.75 Å². The van der Waals surface area contributed by atoms with Crippen molar-refractivity contribution in [3.05, 3.63) is 29.8 Å². The lowest BCUT2D eigenvalue weighted by atomic mass is 9.95. The fourth-order valence-corrected chi connectivity index (χ4v) is 2.91. The van der Waals surface area contributed by atoms with E-state index in [1.807, 2.05) is 12.1 Å². The van der Waals surface area contributed by atoms with Gasteiger partial charge in [-0.1, -0.05) is 32.0 Å². The molecule has 3 heteroatoms. The largest absolute Gasteiger partial charge is 0.488 e. The van der Waals surface area contributed by atoms with E-state index >= 15 is 0 Å². The van der Waals surface area contributed by atoms with Crippen LogP contribution >= 0.6 is 11.6 Å². The molecule has 0 saturated heterocycles. The van der Waals surface area contributed by atoms with E-state index in [2.05, 4.69) is 31.3 Å². The maximum absolute atomic E-state index is 6.10. The van der Waals surface area contributed by atoms with Gasteiger partial charge >= 0.3 is 0 Å². The van der Waals surface area contributed by atoms with Gasteiger partial charge in [0.15, 0.2) is 0 Å². The molecule has 0 radical (unpaired) electrons. The number of halogens is 1. The van der Waals surface area contributed by atoms with Gasteiger partial charge in [-0.15, -0.1) is 11.6 Å². The topological polar surface area (TPSA) is 21.3 Å². The van der Waals surface area contributed by atoms with E-state index in [0.29, 0.717) is 5.88 Å². The van der Waals surface area contributed by atoms with Gasteiger partial charge in [0.1, 0.15) is 11.9 Å². The molecule has 100 valence electrons. The SMILES string of the molecule is CCC(CC)(CCl)NCC1Cc2ccccc2O1. The lowest BCUT2D eigenvalue weighted by Crippen LogP contribution is -2.49. The zero-order valence-corrected chi connectivity index (χ0v) is 12.0. The molecule has 0 aliphatic carbocycles. The molecule has 1 atom stereocenters. The average Bonchev–Trinajstić information content (AvgIpc) is 2.84. The van der Waals surface area contributed by atoms with Gasteiger partial charge in [-0.3, -0.25) is 0 Å². The highest BCUT2D eigenvalue weighted by molar-refractivity contribution is 6.18. The zero-order chi connectivity index (χ0) is 13.0. The highest BCUT2D eigenvalue weighted by atomic mass is 35.5. The Balaban J connectivity index is 1.90. The highest BCUT2D eigenvalue weighted by Crippen LogP contribution is 2.28. The van der Waals surface area contributed by atoms with Crippen LogP contribution in [-0.2, 0) is 6.42 Å². The van der Waals surface area contributed by atoms with Crippen LogP contribution in [0, 0.1) is 0 Å². The summed E-state index contributed by atoms with van der Waals surface area (Å²) in [5.74, 6) is 1.69. The molecular formula is C15H22ClNO. The molecule has 0 spiro atoms. The molecule has 1 aliphatic heterocycles. The van der Waals surface area contributed by atoms with Crippen molar-refractivity contribution in [3.8, 4) is 5.75 Å². The number of rotatable bonds is 6. The molecular weight excluding hydrogens is 246 g/mol. The summed E-state index contributed by atoms with van der Waals surface area (Å²) in [6.45, 7) is 5.23. The first-order valence-electron chi connectivity index (χ1n) is 6.78. The molecule has 2 rings (SSSR count). The van der Waals surface area contributed by atoms with Crippen LogP contribution in [0.25, 0.3) is 0 Å². The minimum Gasteiger partial charge on any atom is -0.488 e. The molecule has 1 N–H and O–H groups in total. The van der Waals surface area contributed by atoms with Gasteiger partial charge in [0.05, 0.1) is 0 Å². The number of para-hydroxylation sites is 1. The highest BCUT2D eigenvalue weighted by Gasteiger charge is 2.28. The molecule has 0 amide bonds. The monoisotopic (exact) mass is 267 g/mol. The summed E-state index contributed by atoms with van der Waals surface area (Å²) in [6.07, 6.45) is 3.33. The normalized spacial score (nSPS) is 18.5. The summed E-state index contributed by atoms with van der Waals surface area (Å²) in [5, 5.41) is 3.60. The van der Waals surface area contributed by atoms with Crippen LogP contribution in [0.3, 0.4) is 0 Å². The number of hydrogen-bond donors (Lipinski definition) is 1. The predicted molar refractivity (Wildman–Crippen MR) is 76.6 cm³/mol. The molecule has 2 nitrogen and oxygen atoms in total. The summed E-state index contributed by atoms with van der Waals surface area (Å²) in [6, 6.07) is 8.28. The molecule has 18 heavy (non-hydrogen) atoms. The van der Waals surface area contributed by atoms with Crippen molar-refractivity contribution >= 4 is 11.6 Å². The third-order valence-electron chi connectivity index (χ3n) is 4.03. The van der Waals surface area contributed by atoms with Gasteiger partial charge in [0.25, 0.3) is 0 Å². The maximum Gasteiger partial charge on any atom is 0.123 e. The van der Waals surface area contributed by atoms with Gasteiger partial charge in [-0.05, 0) is 24.5 Å². The third kappa shape index (κ3) is 2.81. The van der Waals surface area contributed by atoms with Gasteiger partial charge in [-0.2, -0.15) is 0 Å². The number of alkyl halides is 1. The number of hydrogen-bond acceptors (Lipinski definition) is 2. The first-order chi connectivity index (χ1) is 8.73. The van der Waals surface area contributed by atoms with Crippen molar-refractivity contribution < 1.29 is 4.74 Å². The van der Waals surface area contributed by atoms with E-state index in [4.69, 9.17) is 16.3 Å². The van der Waals surface area contributed by atoms with Crippen LogP contribution in [0.4, 0.5) is 0 Å². The van der Waals surface area contributed by atoms with E-state index < -0.39 is 0 Å². The Bertz CT molecular complexity index is 357. The Hall–Kier alpha value is -0.730. The summed E-state index contributed by atoms with van der Waals surface area (Å²) < 4.78 is 5.93. The predicted octanol–water partition coefficient (Wildman–Crippen LogP) is 3.38. The lowest BCUT2D eigenvalue weighted by Gasteiger charge is -2.32. The lowest BCUT2D eigenvalue weighted by molar-refractivity contribution is 0.201. The summed E-state index contributed by atoms with van der Waals surface area (Å²) in [5.41, 5.74) is 1.37. The molecule has 1 aromatic carbocycles. The second-order valence-corrected chi connectivity index (χ2v) is 5.32. The van der Waals surface area contributed by atoms with E-state index in [1.165, 1.54) is 5.56 Å². The first kappa shape index (κ1) is 13.7. The first-order valence-corrected chi connectivity index (χ1v) is 7.32. The quantitative estimate of drug-likeness (QED) is 0.798. The average molecular weight is 268 g/mol. The van der Waals surface area contributed by atoms with Crippen LogP contribution in [0.15, 0.2) is 24.3 Å². The minimum absolute atomic E-state index is 0.0552. The zero-order valence-electron chi connectivity index (χ0n) is 11.2. The standard InChI is InChI=1S/C15H22ClNO/c1-3-15(4-2,11-16)17-10-13-9-12-7-5-6-8-14(12)18-13/h5-8,13,17H,3-4,9-11H2,1-2H3. The molecule has 0 saturated carbocycles. The fraction of sp³-hybridized carbons (Fsp3) is 0.600. The van der Waals surface area contributed by atoms with Gasteiger partial charge < -0.3 is 10.1 Å². The number of nitrogens with one attached hydrogen (secondary N) is 1. The number of benzene rings is 1. The fourth-order valence-electron chi connectivity index (χ4n) is 2.43. The molecule has 1 aromatic rings. The van der Waals surface area contributed by atoms with Crippen molar-refractivity contribution in [1.82, 2.24) is 5.32 Å². The molecule has 0 fully saturated rings. The van der Waals surface area contributed by atoms with E-state index in [-0.39, 0.29) is 11.6 Å². The molecule has 1 heterocycles. The second-order valence-electron chi connectivity index (χ2n) is 5.05. The Kier molecular flexibility index (Phi) is 4.52. The van der Waals surface area contributed by atoms with E-state index in [9.17, 15) is 0 Å². The van der Waals surface area contributed by atoms with E-state index in [1.54, 1.807) is 0 Å². The number of ether oxygens (including phenoxy) is 1. The maximum atomic E-state index is 6.10. The van der Waals surface area contributed by atoms with Crippen molar-refractivity contribution in [2.75, 3.05) is 12.4 Å². The van der Waals surface area contributed by atoms with Gasteiger partial charge in [-0.25, -0.2) is 0 Å². The molecule has 1 unspecified atom stereocenters. The molecule has 1 aliphatic rings. The molecule has 0 aromatic heterocycles. The smallest absolute Gasteiger partial charge is 0.123 e. The van der Waals surface area contributed by atoms with Crippen LogP contribution in [-0.4, -0.2) is 24.1 Å². The summed E-state index contributed by atoms with van der Waals surface area (Å²) in [7, 11) is 0. The Labute approximate surface area is 115 Å². The third-order valence-corrected chi connectivity index (χ3v) is 4.54. The van der Waals surface area contributed by atoms with Crippen molar-refractivity contribution in [2.45, 2.75) is 44.8 Å². The Morgan fingerprint density at radius 3 is 2.67 bits per heavy atom. The van der Waals surface area contributed by atoms with Gasteiger partial charge in [0.2, 0.25) is 0 Å². The van der Waals surface area contributed by atoms with Crippen molar-refractivity contribution in [2.24, 2.45) is 0 Å². The van der Waals surface area contributed by atoms with Crippen molar-refractivity contribution in [1.29, 1.82) is 0 Å². The second kappa shape index (κ2) is 5.94. The minimum atomic E-state index is 0.0552. The van der Waals surface area contributed by atoms with E-state index in [0.717, 1.165) is 31.6 Å². The van der Waals surface area contributed by atoms with Crippen molar-refractivity contribution in [3.63, 3.8) is 0 Å². The van der Waals surface area contributed by atoms with Crippen LogP contribution in [0.1, 0.15) is 32.3 Å². The Morgan fingerprint density at radius 2 is 2.06 bits per heavy atom. The Morgan fingerprint density at radius 1 is 1.33 bits per heavy atom. The summed E-state index contributed by atoms with van der Waals surface area (Å²) >= 11 is 6.10. The van der Waals surface area contributed by atoms with Gasteiger partial charge in [0, 0.05) is 24.4 Å².